The van der Waals surface area contributed by atoms with Crippen molar-refractivity contribution >= 4 is 29.0 Å². The minimum atomic E-state index is 0.0532. The minimum absolute atomic E-state index is 0.0532. The summed E-state index contributed by atoms with van der Waals surface area (Å²) >= 11 is 3.26. The fourth-order valence-corrected chi connectivity index (χ4v) is 2.02. The van der Waals surface area contributed by atoms with Crippen LogP contribution < -0.4 is 5.32 Å². The number of thiophene rings is 1. The van der Waals surface area contributed by atoms with Crippen LogP contribution in [0.5, 0.6) is 0 Å². The number of amides is 1. The van der Waals surface area contributed by atoms with Crippen molar-refractivity contribution < 1.29 is 4.79 Å². The van der Waals surface area contributed by atoms with E-state index in [-0.39, 0.29) is 11.2 Å². The maximum Gasteiger partial charge on any atom is 0.232 e. The van der Waals surface area contributed by atoms with Gasteiger partial charge in [0.15, 0.2) is 0 Å². The second kappa shape index (κ2) is 6.09. The largest absolute Gasteiger partial charge is 0.355 e. The Balaban J connectivity index is 2.18. The molecule has 1 N–H and O–H groups in total. The normalized spacial score (nSPS) is 12.4. The third kappa shape index (κ3) is 3.72. The maximum atomic E-state index is 11.4. The highest BCUT2D eigenvalue weighted by Crippen LogP contribution is 2.07. The molecule has 1 atom stereocenters. The number of carbonyl (C=O) groups is 1. The first-order chi connectivity index (χ1) is 6.74. The third-order valence-electron chi connectivity index (χ3n) is 2.02. The van der Waals surface area contributed by atoms with Crippen molar-refractivity contribution in [2.24, 2.45) is 0 Å². The third-order valence-corrected chi connectivity index (χ3v) is 3.67. The van der Waals surface area contributed by atoms with Crippen LogP contribution in [-0.4, -0.2) is 24.0 Å². The molecule has 0 fully saturated rings. The SMILES string of the molecule is CSC(C)C(=O)NCCc1ccsc1. The number of hydrogen-bond donors (Lipinski definition) is 1. The zero-order valence-corrected chi connectivity index (χ0v) is 10.1. The Hall–Kier alpha value is -0.480. The van der Waals surface area contributed by atoms with Crippen molar-refractivity contribution in [3.05, 3.63) is 22.4 Å². The van der Waals surface area contributed by atoms with E-state index >= 15 is 0 Å². The second-order valence-electron chi connectivity index (χ2n) is 3.05. The van der Waals surface area contributed by atoms with Crippen LogP contribution in [0.25, 0.3) is 0 Å². The molecule has 78 valence electrons. The van der Waals surface area contributed by atoms with E-state index in [0.29, 0.717) is 0 Å². The number of rotatable bonds is 5. The molecule has 0 radical (unpaired) electrons. The van der Waals surface area contributed by atoms with Crippen molar-refractivity contribution in [1.82, 2.24) is 5.32 Å². The molecule has 0 bridgehead atoms. The van der Waals surface area contributed by atoms with Gasteiger partial charge < -0.3 is 5.32 Å². The van der Waals surface area contributed by atoms with Gasteiger partial charge >= 0.3 is 0 Å². The number of carbonyl (C=O) groups excluding carboxylic acids is 1. The van der Waals surface area contributed by atoms with Gasteiger partial charge in [0.1, 0.15) is 0 Å². The summed E-state index contributed by atoms with van der Waals surface area (Å²) < 4.78 is 0. The molecule has 0 aromatic carbocycles. The number of thioether (sulfide) groups is 1. The standard InChI is InChI=1S/C10H15NOS2/c1-8(13-2)10(12)11-5-3-9-4-6-14-7-9/h4,6-8H,3,5H2,1-2H3,(H,11,12). The van der Waals surface area contributed by atoms with E-state index in [1.54, 1.807) is 23.1 Å². The zero-order valence-electron chi connectivity index (χ0n) is 8.45. The van der Waals surface area contributed by atoms with E-state index in [4.69, 9.17) is 0 Å². The van der Waals surface area contributed by atoms with Gasteiger partial charge in [-0.05, 0) is 42.0 Å². The van der Waals surface area contributed by atoms with Gasteiger partial charge in [0, 0.05) is 6.54 Å². The van der Waals surface area contributed by atoms with Gasteiger partial charge in [-0.15, -0.1) is 0 Å². The van der Waals surface area contributed by atoms with Gasteiger partial charge in [-0.3, -0.25) is 4.79 Å². The smallest absolute Gasteiger partial charge is 0.232 e. The molecule has 0 saturated carbocycles. The van der Waals surface area contributed by atoms with E-state index in [2.05, 4.69) is 22.1 Å². The van der Waals surface area contributed by atoms with Crippen LogP contribution in [0.4, 0.5) is 0 Å². The van der Waals surface area contributed by atoms with Crippen molar-refractivity contribution in [2.75, 3.05) is 12.8 Å². The fraction of sp³-hybridized carbons (Fsp3) is 0.500. The van der Waals surface area contributed by atoms with Gasteiger partial charge in [0.25, 0.3) is 0 Å². The van der Waals surface area contributed by atoms with E-state index in [9.17, 15) is 4.79 Å². The van der Waals surface area contributed by atoms with Crippen molar-refractivity contribution in [3.63, 3.8) is 0 Å². The average molecular weight is 229 g/mol. The molecule has 1 amide bonds. The molecule has 4 heteroatoms. The molecular weight excluding hydrogens is 214 g/mol. The first-order valence-electron chi connectivity index (χ1n) is 4.55. The predicted molar refractivity (Wildman–Crippen MR) is 64.0 cm³/mol. The second-order valence-corrected chi connectivity index (χ2v) is 5.01. The van der Waals surface area contributed by atoms with Crippen LogP contribution in [0.15, 0.2) is 16.8 Å². The summed E-state index contributed by atoms with van der Waals surface area (Å²) in [6, 6.07) is 2.09. The molecule has 0 saturated heterocycles. The summed E-state index contributed by atoms with van der Waals surface area (Å²) in [4.78, 5) is 11.4. The molecule has 0 aliphatic heterocycles. The Morgan fingerprint density at radius 3 is 3.07 bits per heavy atom. The Kier molecular flexibility index (Phi) is 5.04. The molecular formula is C10H15NOS2. The maximum absolute atomic E-state index is 11.4. The molecule has 0 spiro atoms. The Labute approximate surface area is 93.1 Å². The van der Waals surface area contributed by atoms with E-state index < -0.39 is 0 Å². The lowest BCUT2D eigenvalue weighted by Crippen LogP contribution is -2.32. The summed E-state index contributed by atoms with van der Waals surface area (Å²) in [5, 5.41) is 7.14. The van der Waals surface area contributed by atoms with E-state index in [1.807, 2.05) is 13.2 Å². The Morgan fingerprint density at radius 2 is 2.50 bits per heavy atom. The highest BCUT2D eigenvalue weighted by molar-refractivity contribution is 7.99. The lowest BCUT2D eigenvalue weighted by atomic mass is 10.2. The van der Waals surface area contributed by atoms with Gasteiger partial charge in [0.2, 0.25) is 5.91 Å². The van der Waals surface area contributed by atoms with Gasteiger partial charge in [0.05, 0.1) is 5.25 Å². The highest BCUT2D eigenvalue weighted by atomic mass is 32.2. The van der Waals surface area contributed by atoms with Crippen molar-refractivity contribution in [3.8, 4) is 0 Å². The van der Waals surface area contributed by atoms with Crippen LogP contribution in [0.3, 0.4) is 0 Å². The van der Waals surface area contributed by atoms with Gasteiger partial charge in [-0.2, -0.15) is 23.1 Å². The number of nitrogens with one attached hydrogen (secondary N) is 1. The van der Waals surface area contributed by atoms with Crippen LogP contribution in [0.1, 0.15) is 12.5 Å². The Morgan fingerprint density at radius 1 is 1.71 bits per heavy atom. The van der Waals surface area contributed by atoms with Crippen LogP contribution in [0, 0.1) is 0 Å². The van der Waals surface area contributed by atoms with Gasteiger partial charge in [-0.25, -0.2) is 0 Å². The lowest BCUT2D eigenvalue weighted by molar-refractivity contribution is -0.120. The lowest BCUT2D eigenvalue weighted by Gasteiger charge is -2.08. The van der Waals surface area contributed by atoms with Crippen LogP contribution in [-0.2, 0) is 11.2 Å². The fourth-order valence-electron chi connectivity index (χ4n) is 1.02. The molecule has 1 heterocycles. The van der Waals surface area contributed by atoms with Gasteiger partial charge in [-0.1, -0.05) is 0 Å². The topological polar surface area (TPSA) is 29.1 Å². The molecule has 0 aliphatic rings. The van der Waals surface area contributed by atoms with Crippen molar-refractivity contribution in [2.45, 2.75) is 18.6 Å². The van der Waals surface area contributed by atoms with Crippen molar-refractivity contribution in [1.29, 1.82) is 0 Å². The molecule has 14 heavy (non-hydrogen) atoms. The highest BCUT2D eigenvalue weighted by Gasteiger charge is 2.09. The molecule has 1 unspecified atom stereocenters. The molecule has 2 nitrogen and oxygen atoms in total. The minimum Gasteiger partial charge on any atom is -0.355 e. The first-order valence-corrected chi connectivity index (χ1v) is 6.78. The zero-order chi connectivity index (χ0) is 10.4. The van der Waals surface area contributed by atoms with Crippen LogP contribution >= 0.6 is 23.1 Å². The van der Waals surface area contributed by atoms with Crippen LogP contribution in [0.2, 0.25) is 0 Å². The Bertz CT molecular complexity index is 272. The number of hydrogen-bond acceptors (Lipinski definition) is 3. The summed E-state index contributed by atoms with van der Waals surface area (Å²) in [7, 11) is 0. The predicted octanol–water partition coefficient (Wildman–Crippen LogP) is 2.16. The average Bonchev–Trinajstić information content (AvgIpc) is 2.69. The summed E-state index contributed by atoms with van der Waals surface area (Å²) in [6.45, 7) is 2.66. The molecule has 1 rings (SSSR count). The first kappa shape index (κ1) is 11.6. The summed E-state index contributed by atoms with van der Waals surface area (Å²) in [5.74, 6) is 0.132. The summed E-state index contributed by atoms with van der Waals surface area (Å²) in [5.41, 5.74) is 1.30. The summed E-state index contributed by atoms with van der Waals surface area (Å²) in [6.07, 6.45) is 2.87. The van der Waals surface area contributed by atoms with E-state index in [1.165, 1.54) is 5.56 Å². The molecule has 1 aromatic heterocycles. The molecule has 1 aromatic rings. The molecule has 0 aliphatic carbocycles. The van der Waals surface area contributed by atoms with E-state index in [0.717, 1.165) is 13.0 Å². The monoisotopic (exact) mass is 229 g/mol. The quantitative estimate of drug-likeness (QED) is 0.838.